The van der Waals surface area contributed by atoms with Gasteiger partial charge in [0.25, 0.3) is 0 Å². The van der Waals surface area contributed by atoms with Crippen LogP contribution < -0.4 is 21.1 Å². The second-order valence-electron chi connectivity index (χ2n) is 3.63. The molecule has 0 aromatic heterocycles. The zero-order chi connectivity index (χ0) is 10.5. The Labute approximate surface area is 89.8 Å². The second kappa shape index (κ2) is 4.89. The third-order valence-corrected chi connectivity index (χ3v) is 2.38. The standard InChI is InChI=1S/C11H17N3O/c12-9-2-3-10-11(8-9)15-7-1-4-13-5-6-14-10/h2-3,8,13-14H,1,4-7,12H2. The van der Waals surface area contributed by atoms with E-state index >= 15 is 0 Å². The van der Waals surface area contributed by atoms with Crippen molar-refractivity contribution in [3.8, 4) is 5.75 Å². The van der Waals surface area contributed by atoms with Gasteiger partial charge < -0.3 is 21.1 Å². The first kappa shape index (κ1) is 10.1. The summed E-state index contributed by atoms with van der Waals surface area (Å²) in [4.78, 5) is 0. The molecule has 0 saturated carbocycles. The zero-order valence-electron chi connectivity index (χ0n) is 8.75. The summed E-state index contributed by atoms with van der Waals surface area (Å²) in [5.74, 6) is 0.858. The Balaban J connectivity index is 2.15. The Morgan fingerprint density at radius 3 is 3.07 bits per heavy atom. The van der Waals surface area contributed by atoms with Crippen LogP contribution in [0, 0.1) is 0 Å². The molecular formula is C11H17N3O. The normalized spacial score (nSPS) is 17.1. The summed E-state index contributed by atoms with van der Waals surface area (Å²) in [5, 5.41) is 6.65. The zero-order valence-corrected chi connectivity index (χ0v) is 8.75. The Kier molecular flexibility index (Phi) is 3.29. The second-order valence-corrected chi connectivity index (χ2v) is 3.63. The highest BCUT2D eigenvalue weighted by Crippen LogP contribution is 2.27. The van der Waals surface area contributed by atoms with E-state index in [9.17, 15) is 0 Å². The van der Waals surface area contributed by atoms with E-state index in [1.807, 2.05) is 18.2 Å². The van der Waals surface area contributed by atoms with Gasteiger partial charge in [0, 0.05) is 24.8 Å². The van der Waals surface area contributed by atoms with E-state index in [2.05, 4.69) is 10.6 Å². The van der Waals surface area contributed by atoms with Gasteiger partial charge in [-0.25, -0.2) is 0 Å². The highest BCUT2D eigenvalue weighted by atomic mass is 16.5. The van der Waals surface area contributed by atoms with Crippen LogP contribution in [-0.4, -0.2) is 26.2 Å². The average Bonchev–Trinajstić information content (AvgIpc) is 2.25. The summed E-state index contributed by atoms with van der Waals surface area (Å²) in [7, 11) is 0. The van der Waals surface area contributed by atoms with Crippen molar-refractivity contribution in [3.05, 3.63) is 18.2 Å². The molecule has 4 nitrogen and oxygen atoms in total. The minimum Gasteiger partial charge on any atom is -0.491 e. The van der Waals surface area contributed by atoms with Gasteiger partial charge in [-0.1, -0.05) is 0 Å². The molecule has 1 aliphatic rings. The molecule has 1 aromatic rings. The van der Waals surface area contributed by atoms with Gasteiger partial charge in [0.15, 0.2) is 0 Å². The van der Waals surface area contributed by atoms with Crippen molar-refractivity contribution in [3.63, 3.8) is 0 Å². The third kappa shape index (κ3) is 2.76. The van der Waals surface area contributed by atoms with Gasteiger partial charge in [0.05, 0.1) is 12.3 Å². The molecule has 0 atom stereocenters. The van der Waals surface area contributed by atoms with E-state index in [1.165, 1.54) is 0 Å². The molecule has 0 amide bonds. The largest absolute Gasteiger partial charge is 0.491 e. The Morgan fingerprint density at radius 2 is 2.13 bits per heavy atom. The molecule has 1 heterocycles. The fourth-order valence-corrected chi connectivity index (χ4v) is 1.59. The quantitative estimate of drug-likeness (QED) is 0.557. The number of ether oxygens (including phenoxy) is 1. The van der Waals surface area contributed by atoms with Crippen molar-refractivity contribution in [1.29, 1.82) is 0 Å². The summed E-state index contributed by atoms with van der Waals surface area (Å²) >= 11 is 0. The third-order valence-electron chi connectivity index (χ3n) is 2.38. The van der Waals surface area contributed by atoms with Crippen LogP contribution in [0.4, 0.5) is 11.4 Å². The van der Waals surface area contributed by atoms with Crippen molar-refractivity contribution in [1.82, 2.24) is 5.32 Å². The van der Waals surface area contributed by atoms with E-state index < -0.39 is 0 Å². The van der Waals surface area contributed by atoms with Crippen molar-refractivity contribution < 1.29 is 4.74 Å². The lowest BCUT2D eigenvalue weighted by Crippen LogP contribution is -2.25. The first-order valence-electron chi connectivity index (χ1n) is 5.33. The number of rotatable bonds is 0. The average molecular weight is 207 g/mol. The maximum absolute atomic E-state index is 5.72. The highest BCUT2D eigenvalue weighted by molar-refractivity contribution is 5.62. The van der Waals surface area contributed by atoms with Crippen molar-refractivity contribution in [2.75, 3.05) is 37.3 Å². The van der Waals surface area contributed by atoms with Gasteiger partial charge in [0.2, 0.25) is 0 Å². The molecule has 0 aliphatic carbocycles. The molecule has 82 valence electrons. The monoisotopic (exact) mass is 207 g/mol. The molecule has 4 N–H and O–H groups in total. The molecule has 15 heavy (non-hydrogen) atoms. The fourth-order valence-electron chi connectivity index (χ4n) is 1.59. The minimum absolute atomic E-state index is 0.727. The number of nitrogens with two attached hydrogens (primary N) is 1. The number of anilines is 2. The van der Waals surface area contributed by atoms with Crippen LogP contribution in [0.1, 0.15) is 6.42 Å². The molecule has 0 radical (unpaired) electrons. The van der Waals surface area contributed by atoms with Gasteiger partial charge in [-0.3, -0.25) is 0 Å². The first-order valence-corrected chi connectivity index (χ1v) is 5.33. The van der Waals surface area contributed by atoms with Gasteiger partial charge in [-0.05, 0) is 25.1 Å². The maximum Gasteiger partial charge on any atom is 0.144 e. The number of fused-ring (bicyclic) bond motifs is 1. The SMILES string of the molecule is Nc1ccc2c(c1)OCCCNCCN2. The molecule has 1 aromatic carbocycles. The van der Waals surface area contributed by atoms with E-state index in [1.54, 1.807) is 0 Å². The van der Waals surface area contributed by atoms with Gasteiger partial charge in [0.1, 0.15) is 5.75 Å². The Bertz CT molecular complexity index is 328. The smallest absolute Gasteiger partial charge is 0.144 e. The van der Waals surface area contributed by atoms with E-state index in [0.29, 0.717) is 0 Å². The minimum atomic E-state index is 0.727. The summed E-state index contributed by atoms with van der Waals surface area (Å²) in [6, 6.07) is 5.72. The van der Waals surface area contributed by atoms with Crippen LogP contribution in [0.2, 0.25) is 0 Å². The van der Waals surface area contributed by atoms with Crippen LogP contribution in [0.3, 0.4) is 0 Å². The van der Waals surface area contributed by atoms with Crippen LogP contribution in [-0.2, 0) is 0 Å². The van der Waals surface area contributed by atoms with E-state index in [4.69, 9.17) is 10.5 Å². The van der Waals surface area contributed by atoms with Crippen LogP contribution >= 0.6 is 0 Å². The number of nitrogens with one attached hydrogen (secondary N) is 2. The molecule has 0 fully saturated rings. The molecule has 0 unspecified atom stereocenters. The fraction of sp³-hybridized carbons (Fsp3) is 0.455. The molecular weight excluding hydrogens is 190 g/mol. The van der Waals surface area contributed by atoms with Crippen molar-refractivity contribution in [2.24, 2.45) is 0 Å². The van der Waals surface area contributed by atoms with Crippen LogP contribution in [0.15, 0.2) is 18.2 Å². The van der Waals surface area contributed by atoms with Gasteiger partial charge in [-0.2, -0.15) is 0 Å². The summed E-state index contributed by atoms with van der Waals surface area (Å²) in [5.41, 5.74) is 7.48. The molecule has 0 spiro atoms. The number of benzene rings is 1. The number of nitrogen functional groups attached to an aromatic ring is 1. The Morgan fingerprint density at radius 1 is 1.20 bits per heavy atom. The number of hydrogen-bond donors (Lipinski definition) is 3. The maximum atomic E-state index is 5.72. The van der Waals surface area contributed by atoms with Crippen LogP contribution in [0.5, 0.6) is 5.75 Å². The van der Waals surface area contributed by atoms with Gasteiger partial charge >= 0.3 is 0 Å². The molecule has 2 rings (SSSR count). The molecule has 4 heteroatoms. The topological polar surface area (TPSA) is 59.3 Å². The summed E-state index contributed by atoms with van der Waals surface area (Å²) in [6.07, 6.45) is 1.02. The van der Waals surface area contributed by atoms with E-state index in [-0.39, 0.29) is 0 Å². The summed E-state index contributed by atoms with van der Waals surface area (Å²) in [6.45, 7) is 3.61. The predicted octanol–water partition coefficient (Wildman–Crippen LogP) is 1.05. The Hall–Kier alpha value is -1.42. The molecule has 0 saturated heterocycles. The lowest BCUT2D eigenvalue weighted by atomic mass is 10.2. The first-order chi connectivity index (χ1) is 7.36. The van der Waals surface area contributed by atoms with Crippen LogP contribution in [0.25, 0.3) is 0 Å². The highest BCUT2D eigenvalue weighted by Gasteiger charge is 2.05. The lowest BCUT2D eigenvalue weighted by Gasteiger charge is -2.16. The molecule has 0 bridgehead atoms. The summed E-state index contributed by atoms with van der Waals surface area (Å²) < 4.78 is 5.66. The number of hydrogen-bond acceptors (Lipinski definition) is 4. The molecule has 1 aliphatic heterocycles. The van der Waals surface area contributed by atoms with E-state index in [0.717, 1.165) is 49.8 Å². The van der Waals surface area contributed by atoms with Gasteiger partial charge in [-0.15, -0.1) is 0 Å². The predicted molar refractivity (Wildman–Crippen MR) is 62.3 cm³/mol. The van der Waals surface area contributed by atoms with Crippen molar-refractivity contribution in [2.45, 2.75) is 6.42 Å². The lowest BCUT2D eigenvalue weighted by molar-refractivity contribution is 0.308. The van der Waals surface area contributed by atoms with Crippen molar-refractivity contribution >= 4 is 11.4 Å².